The van der Waals surface area contributed by atoms with Crippen LogP contribution in [0.1, 0.15) is 22.8 Å². The van der Waals surface area contributed by atoms with Crippen molar-refractivity contribution >= 4 is 12.0 Å². The molecule has 0 saturated carbocycles. The molecular formula is C16H20N4O3. The molecule has 1 atom stereocenters. The van der Waals surface area contributed by atoms with Gasteiger partial charge >= 0.3 is 12.0 Å². The zero-order valence-electron chi connectivity index (χ0n) is 12.9. The molecular weight excluding hydrogens is 296 g/mol. The van der Waals surface area contributed by atoms with Crippen molar-refractivity contribution < 1.29 is 14.7 Å². The van der Waals surface area contributed by atoms with Crippen LogP contribution in [0.3, 0.4) is 0 Å². The van der Waals surface area contributed by atoms with Crippen molar-refractivity contribution in [1.29, 1.82) is 0 Å². The highest BCUT2D eigenvalue weighted by molar-refractivity contribution is 5.87. The molecule has 122 valence electrons. The summed E-state index contributed by atoms with van der Waals surface area (Å²) in [6.45, 7) is 3.67. The SMILES string of the molecule is CC(CNC(=O)NCc1ccc(C(=O)O)cc1)Cn1cccn1. The molecule has 1 unspecified atom stereocenters. The number of hydrogen-bond donors (Lipinski definition) is 3. The summed E-state index contributed by atoms with van der Waals surface area (Å²) in [6.07, 6.45) is 3.61. The largest absolute Gasteiger partial charge is 0.478 e. The van der Waals surface area contributed by atoms with Gasteiger partial charge in [-0.25, -0.2) is 9.59 Å². The van der Waals surface area contributed by atoms with Crippen molar-refractivity contribution in [2.45, 2.75) is 20.0 Å². The topological polar surface area (TPSA) is 96.3 Å². The predicted octanol–water partition coefficient (Wildman–Crippen LogP) is 1.72. The van der Waals surface area contributed by atoms with E-state index in [1.807, 2.05) is 23.9 Å². The third-order valence-electron chi connectivity index (χ3n) is 3.32. The molecule has 2 rings (SSSR count). The number of carboxylic acid groups (broad SMARTS) is 1. The number of carbonyl (C=O) groups excluding carboxylic acids is 1. The van der Waals surface area contributed by atoms with Crippen LogP contribution in [0.15, 0.2) is 42.7 Å². The number of hydrogen-bond acceptors (Lipinski definition) is 3. The number of urea groups is 1. The second kappa shape index (κ2) is 7.98. The minimum absolute atomic E-state index is 0.227. The summed E-state index contributed by atoms with van der Waals surface area (Å²) >= 11 is 0. The zero-order valence-corrected chi connectivity index (χ0v) is 12.9. The molecule has 0 radical (unpaired) electrons. The number of nitrogens with one attached hydrogen (secondary N) is 2. The van der Waals surface area contributed by atoms with Crippen LogP contribution in [0.5, 0.6) is 0 Å². The summed E-state index contributed by atoms with van der Waals surface area (Å²) in [6, 6.07) is 8.02. The molecule has 0 bridgehead atoms. The van der Waals surface area contributed by atoms with Gasteiger partial charge < -0.3 is 15.7 Å². The van der Waals surface area contributed by atoms with Crippen molar-refractivity contribution in [2.24, 2.45) is 5.92 Å². The van der Waals surface area contributed by atoms with E-state index in [9.17, 15) is 9.59 Å². The standard InChI is InChI=1S/C16H20N4O3/c1-12(11-20-8-2-7-19-20)9-17-16(23)18-10-13-3-5-14(6-4-13)15(21)22/h2-8,12H,9-11H2,1H3,(H,21,22)(H2,17,18,23). The summed E-state index contributed by atoms with van der Waals surface area (Å²) in [5, 5.41) is 18.5. The number of nitrogens with zero attached hydrogens (tertiary/aromatic N) is 2. The van der Waals surface area contributed by atoms with E-state index in [1.165, 1.54) is 12.1 Å². The molecule has 1 aromatic carbocycles. The Morgan fingerprint density at radius 2 is 2.00 bits per heavy atom. The summed E-state index contributed by atoms with van der Waals surface area (Å²) in [5.74, 6) is -0.705. The highest BCUT2D eigenvalue weighted by Gasteiger charge is 2.07. The third kappa shape index (κ3) is 5.46. The van der Waals surface area contributed by atoms with E-state index in [1.54, 1.807) is 18.3 Å². The minimum Gasteiger partial charge on any atom is -0.478 e. The molecule has 0 aliphatic rings. The fourth-order valence-electron chi connectivity index (χ4n) is 2.07. The Hall–Kier alpha value is -2.83. The number of benzene rings is 1. The van der Waals surface area contributed by atoms with Crippen molar-refractivity contribution in [3.05, 3.63) is 53.9 Å². The van der Waals surface area contributed by atoms with E-state index in [-0.39, 0.29) is 17.5 Å². The van der Waals surface area contributed by atoms with Gasteiger partial charge in [0.15, 0.2) is 0 Å². The highest BCUT2D eigenvalue weighted by Crippen LogP contribution is 2.04. The average molecular weight is 316 g/mol. The Bertz CT molecular complexity index is 638. The molecule has 1 heterocycles. The first-order valence-corrected chi connectivity index (χ1v) is 7.36. The number of rotatable bonds is 7. The third-order valence-corrected chi connectivity index (χ3v) is 3.32. The zero-order chi connectivity index (χ0) is 16.7. The smallest absolute Gasteiger partial charge is 0.335 e. The summed E-state index contributed by atoms with van der Waals surface area (Å²) < 4.78 is 1.83. The first-order chi connectivity index (χ1) is 11.0. The molecule has 0 fully saturated rings. The van der Waals surface area contributed by atoms with E-state index in [0.717, 1.165) is 12.1 Å². The van der Waals surface area contributed by atoms with Crippen LogP contribution in [0.4, 0.5) is 4.79 Å². The summed E-state index contributed by atoms with van der Waals surface area (Å²) in [4.78, 5) is 22.5. The maximum atomic E-state index is 11.8. The molecule has 0 saturated heterocycles. The van der Waals surface area contributed by atoms with Gasteiger partial charge in [0.2, 0.25) is 0 Å². The second-order valence-electron chi connectivity index (χ2n) is 5.40. The van der Waals surface area contributed by atoms with Crippen molar-refractivity contribution in [2.75, 3.05) is 6.54 Å². The molecule has 0 aliphatic carbocycles. The Morgan fingerprint density at radius 3 is 2.61 bits per heavy atom. The van der Waals surface area contributed by atoms with Gasteiger partial charge in [0, 0.05) is 32.0 Å². The number of aromatic carboxylic acids is 1. The van der Waals surface area contributed by atoms with Crippen LogP contribution < -0.4 is 10.6 Å². The molecule has 23 heavy (non-hydrogen) atoms. The Morgan fingerprint density at radius 1 is 1.26 bits per heavy atom. The van der Waals surface area contributed by atoms with E-state index < -0.39 is 5.97 Å². The van der Waals surface area contributed by atoms with Gasteiger partial charge in [0.05, 0.1) is 5.56 Å². The molecule has 1 aromatic heterocycles. The lowest BCUT2D eigenvalue weighted by Gasteiger charge is -2.13. The van der Waals surface area contributed by atoms with Crippen LogP contribution in [0, 0.1) is 5.92 Å². The van der Waals surface area contributed by atoms with Gasteiger partial charge in [-0.3, -0.25) is 4.68 Å². The summed E-state index contributed by atoms with van der Waals surface area (Å²) in [5.41, 5.74) is 1.07. The fourth-order valence-corrected chi connectivity index (χ4v) is 2.07. The normalized spacial score (nSPS) is 11.7. The molecule has 7 nitrogen and oxygen atoms in total. The lowest BCUT2D eigenvalue weighted by molar-refractivity contribution is 0.0697. The fraction of sp³-hybridized carbons (Fsp3) is 0.312. The first kappa shape index (κ1) is 16.5. The predicted molar refractivity (Wildman–Crippen MR) is 85.0 cm³/mol. The summed E-state index contributed by atoms with van der Waals surface area (Å²) in [7, 11) is 0. The maximum absolute atomic E-state index is 11.8. The monoisotopic (exact) mass is 316 g/mol. The van der Waals surface area contributed by atoms with Gasteiger partial charge in [-0.15, -0.1) is 0 Å². The van der Waals surface area contributed by atoms with Gasteiger partial charge in [-0.05, 0) is 29.7 Å². The number of carboxylic acids is 1. The minimum atomic E-state index is -0.964. The molecule has 7 heteroatoms. The molecule has 2 amide bonds. The van der Waals surface area contributed by atoms with Crippen LogP contribution in [-0.2, 0) is 13.1 Å². The van der Waals surface area contributed by atoms with Crippen LogP contribution >= 0.6 is 0 Å². The number of carbonyl (C=O) groups is 2. The molecule has 0 spiro atoms. The van der Waals surface area contributed by atoms with Gasteiger partial charge in [0.1, 0.15) is 0 Å². The Kier molecular flexibility index (Phi) is 5.74. The maximum Gasteiger partial charge on any atom is 0.335 e. The first-order valence-electron chi connectivity index (χ1n) is 7.36. The van der Waals surface area contributed by atoms with Crippen molar-refractivity contribution in [3.8, 4) is 0 Å². The van der Waals surface area contributed by atoms with Crippen molar-refractivity contribution in [3.63, 3.8) is 0 Å². The molecule has 0 aliphatic heterocycles. The Balaban J connectivity index is 1.69. The lowest BCUT2D eigenvalue weighted by atomic mass is 10.1. The highest BCUT2D eigenvalue weighted by atomic mass is 16.4. The number of aromatic nitrogens is 2. The van der Waals surface area contributed by atoms with Gasteiger partial charge in [-0.1, -0.05) is 19.1 Å². The average Bonchev–Trinajstić information content (AvgIpc) is 3.04. The lowest BCUT2D eigenvalue weighted by Crippen LogP contribution is -2.38. The van der Waals surface area contributed by atoms with Crippen LogP contribution in [-0.4, -0.2) is 33.4 Å². The van der Waals surface area contributed by atoms with Crippen molar-refractivity contribution in [1.82, 2.24) is 20.4 Å². The quantitative estimate of drug-likeness (QED) is 0.724. The van der Waals surface area contributed by atoms with Crippen LogP contribution in [0.2, 0.25) is 0 Å². The second-order valence-corrected chi connectivity index (χ2v) is 5.40. The Labute approximate surface area is 134 Å². The van der Waals surface area contributed by atoms with Gasteiger partial charge in [-0.2, -0.15) is 5.10 Å². The molecule has 2 aromatic rings. The number of amides is 2. The van der Waals surface area contributed by atoms with E-state index in [4.69, 9.17) is 5.11 Å². The van der Waals surface area contributed by atoms with Gasteiger partial charge in [0.25, 0.3) is 0 Å². The molecule has 3 N–H and O–H groups in total. The van der Waals surface area contributed by atoms with E-state index >= 15 is 0 Å². The van der Waals surface area contributed by atoms with Crippen LogP contribution in [0.25, 0.3) is 0 Å². The van der Waals surface area contributed by atoms with E-state index in [2.05, 4.69) is 15.7 Å². The van der Waals surface area contributed by atoms with E-state index in [0.29, 0.717) is 13.1 Å².